The maximum absolute atomic E-state index is 13.9. The summed E-state index contributed by atoms with van der Waals surface area (Å²) >= 11 is 7.86. The first-order valence-corrected chi connectivity index (χ1v) is 17.4. The second-order valence-electron chi connectivity index (χ2n) is 11.3. The van der Waals surface area contributed by atoms with Gasteiger partial charge in [-0.3, -0.25) is 4.79 Å². The standard InChI is InChI=1S/C34H42ClN5O5S/c1-5-39(6-2)29(41)20-44-27-18-17-23(19-28(27)43-7-3)31-30(32(42)45-25-14-9-8-10-15-25)22(4)36-33-37-34(38-40(31)33)46-21-24-13-11-12-16-26(24)35/h11-13,16-19,25,31H,5-10,14-15,20-21H2,1-4H3,(H,36,37,38). The van der Waals surface area contributed by atoms with Crippen LogP contribution in [-0.4, -0.2) is 63.9 Å². The molecule has 2 aliphatic rings. The summed E-state index contributed by atoms with van der Waals surface area (Å²) in [5, 5.41) is 9.38. The minimum absolute atomic E-state index is 0.102. The van der Waals surface area contributed by atoms with Crippen molar-refractivity contribution in [2.45, 2.75) is 82.9 Å². The van der Waals surface area contributed by atoms with Crippen LogP contribution in [0.1, 0.15) is 77.0 Å². The number of nitrogens with zero attached hydrogens (tertiary/aromatic N) is 4. The summed E-state index contributed by atoms with van der Waals surface area (Å²) in [4.78, 5) is 33.0. The number of nitrogens with one attached hydrogen (secondary N) is 1. The maximum atomic E-state index is 13.9. The van der Waals surface area contributed by atoms with E-state index in [-0.39, 0.29) is 24.6 Å². The number of fused-ring (bicyclic) bond motifs is 1. The van der Waals surface area contributed by atoms with Crippen molar-refractivity contribution < 1.29 is 23.8 Å². The van der Waals surface area contributed by atoms with E-state index in [0.717, 1.165) is 43.2 Å². The molecule has 0 spiro atoms. The number of halogens is 1. The van der Waals surface area contributed by atoms with Crippen molar-refractivity contribution in [2.24, 2.45) is 0 Å². The number of esters is 1. The van der Waals surface area contributed by atoms with Crippen molar-refractivity contribution >= 4 is 41.2 Å². The van der Waals surface area contributed by atoms with Gasteiger partial charge in [-0.05, 0) is 82.7 Å². The third-order valence-electron chi connectivity index (χ3n) is 8.24. The molecular weight excluding hydrogens is 626 g/mol. The van der Waals surface area contributed by atoms with E-state index in [1.165, 1.54) is 11.8 Å². The average molecular weight is 668 g/mol. The van der Waals surface area contributed by atoms with Gasteiger partial charge in [-0.25, -0.2) is 9.48 Å². The zero-order chi connectivity index (χ0) is 32.6. The first-order valence-electron chi connectivity index (χ1n) is 16.0. The Morgan fingerprint density at radius 3 is 2.52 bits per heavy atom. The van der Waals surface area contributed by atoms with E-state index in [0.29, 0.717) is 64.3 Å². The fourth-order valence-electron chi connectivity index (χ4n) is 5.81. The van der Waals surface area contributed by atoms with Crippen molar-refractivity contribution in [3.63, 3.8) is 0 Å². The molecule has 1 fully saturated rings. The number of rotatable bonds is 13. The van der Waals surface area contributed by atoms with Crippen molar-refractivity contribution in [3.8, 4) is 11.5 Å². The molecule has 0 radical (unpaired) electrons. The van der Waals surface area contributed by atoms with Crippen LogP contribution in [0.2, 0.25) is 5.02 Å². The number of hydrogen-bond acceptors (Lipinski definition) is 9. The number of likely N-dealkylation sites (N-methyl/N-ethyl adjacent to an activating group) is 1. The van der Waals surface area contributed by atoms with E-state index in [4.69, 9.17) is 35.9 Å². The molecule has 1 aromatic heterocycles. The van der Waals surface area contributed by atoms with E-state index < -0.39 is 6.04 Å². The van der Waals surface area contributed by atoms with Crippen molar-refractivity contribution in [2.75, 3.05) is 31.6 Å². The van der Waals surface area contributed by atoms with Gasteiger partial charge in [0.05, 0.1) is 12.2 Å². The molecule has 2 aromatic carbocycles. The molecule has 1 N–H and O–H groups in total. The Morgan fingerprint density at radius 1 is 1.04 bits per heavy atom. The van der Waals surface area contributed by atoms with E-state index in [9.17, 15) is 9.59 Å². The summed E-state index contributed by atoms with van der Waals surface area (Å²) in [6.07, 6.45) is 4.87. The zero-order valence-corrected chi connectivity index (χ0v) is 28.5. The predicted octanol–water partition coefficient (Wildman–Crippen LogP) is 7.03. The lowest BCUT2D eigenvalue weighted by Gasteiger charge is -2.30. The number of hydrogen-bond donors (Lipinski definition) is 1. The summed E-state index contributed by atoms with van der Waals surface area (Å²) in [6, 6.07) is 12.6. The summed E-state index contributed by atoms with van der Waals surface area (Å²) in [5.41, 5.74) is 2.83. The number of ether oxygens (including phenoxy) is 3. The minimum Gasteiger partial charge on any atom is -0.490 e. The van der Waals surface area contributed by atoms with Gasteiger partial charge < -0.3 is 24.4 Å². The van der Waals surface area contributed by atoms with Crippen molar-refractivity contribution in [1.82, 2.24) is 19.7 Å². The maximum Gasteiger partial charge on any atom is 0.338 e. The number of carbonyl (C=O) groups is 2. The number of allylic oxidation sites excluding steroid dienone is 1. The van der Waals surface area contributed by atoms with Gasteiger partial charge in [-0.1, -0.05) is 54.0 Å². The van der Waals surface area contributed by atoms with Crippen LogP contribution in [0.4, 0.5) is 5.95 Å². The van der Waals surface area contributed by atoms with Gasteiger partial charge in [0.2, 0.25) is 11.1 Å². The molecule has 3 aromatic rings. The van der Waals surface area contributed by atoms with Gasteiger partial charge in [0.15, 0.2) is 18.1 Å². The summed E-state index contributed by atoms with van der Waals surface area (Å²) in [6.45, 7) is 9.12. The second kappa shape index (κ2) is 15.7. The average Bonchev–Trinajstić information content (AvgIpc) is 3.46. The number of amides is 1. The number of thioether (sulfide) groups is 1. The van der Waals surface area contributed by atoms with Crippen LogP contribution in [0, 0.1) is 0 Å². The molecule has 246 valence electrons. The van der Waals surface area contributed by atoms with E-state index in [2.05, 4.69) is 5.32 Å². The van der Waals surface area contributed by atoms with Crippen molar-refractivity contribution in [3.05, 3.63) is 69.9 Å². The van der Waals surface area contributed by atoms with Crippen LogP contribution in [-0.2, 0) is 20.1 Å². The monoisotopic (exact) mass is 667 g/mol. The molecule has 0 bridgehead atoms. The van der Waals surface area contributed by atoms with E-state index in [1.807, 2.05) is 64.1 Å². The van der Waals surface area contributed by atoms with E-state index in [1.54, 1.807) is 15.6 Å². The Hall–Kier alpha value is -3.70. The van der Waals surface area contributed by atoms with Gasteiger partial charge in [-0.15, -0.1) is 5.10 Å². The van der Waals surface area contributed by atoms with Gasteiger partial charge in [0.25, 0.3) is 5.91 Å². The smallest absolute Gasteiger partial charge is 0.338 e. The Kier molecular flexibility index (Phi) is 11.5. The Morgan fingerprint density at radius 2 is 1.80 bits per heavy atom. The second-order valence-corrected chi connectivity index (χ2v) is 12.6. The number of benzene rings is 2. The summed E-state index contributed by atoms with van der Waals surface area (Å²) in [7, 11) is 0. The number of aromatic nitrogens is 3. The molecule has 1 saturated carbocycles. The SMILES string of the molecule is CCOc1cc(C2C(C(=O)OC3CCCCC3)=C(C)Nc3nc(SCc4ccccc4Cl)nn32)ccc1OCC(=O)N(CC)CC. The van der Waals surface area contributed by atoms with Crippen LogP contribution in [0.5, 0.6) is 11.5 Å². The molecule has 12 heteroatoms. The predicted molar refractivity (Wildman–Crippen MR) is 179 cm³/mol. The van der Waals surface area contributed by atoms with Crippen LogP contribution < -0.4 is 14.8 Å². The third kappa shape index (κ3) is 7.81. The highest BCUT2D eigenvalue weighted by Crippen LogP contribution is 2.41. The lowest BCUT2D eigenvalue weighted by Crippen LogP contribution is -2.34. The topological polar surface area (TPSA) is 108 Å². The van der Waals surface area contributed by atoms with Gasteiger partial charge >= 0.3 is 5.97 Å². The quantitative estimate of drug-likeness (QED) is 0.152. The molecule has 10 nitrogen and oxygen atoms in total. The van der Waals surface area contributed by atoms with Crippen molar-refractivity contribution in [1.29, 1.82) is 0 Å². The van der Waals surface area contributed by atoms with Crippen LogP contribution in [0.25, 0.3) is 0 Å². The molecule has 1 aliphatic carbocycles. The first-order chi connectivity index (χ1) is 22.3. The molecular formula is C34H42ClN5O5S. The number of anilines is 1. The highest BCUT2D eigenvalue weighted by atomic mass is 35.5. The Bertz CT molecular complexity index is 1570. The third-order valence-corrected chi connectivity index (χ3v) is 9.50. The molecule has 5 rings (SSSR count). The fraction of sp³-hybridized carbons (Fsp3) is 0.471. The molecule has 2 heterocycles. The lowest BCUT2D eigenvalue weighted by atomic mass is 9.94. The Labute approximate surface area is 279 Å². The molecule has 1 aliphatic heterocycles. The summed E-state index contributed by atoms with van der Waals surface area (Å²) in [5.74, 6) is 1.54. The molecule has 46 heavy (non-hydrogen) atoms. The highest BCUT2D eigenvalue weighted by Gasteiger charge is 2.37. The fourth-order valence-corrected chi connectivity index (χ4v) is 6.92. The van der Waals surface area contributed by atoms with Crippen LogP contribution >= 0.6 is 23.4 Å². The highest BCUT2D eigenvalue weighted by molar-refractivity contribution is 7.98. The normalized spacial score (nSPS) is 16.4. The molecule has 1 atom stereocenters. The first kappa shape index (κ1) is 33.7. The van der Waals surface area contributed by atoms with Crippen LogP contribution in [0.15, 0.2) is 58.9 Å². The Balaban J connectivity index is 1.48. The molecule has 1 amide bonds. The number of carbonyl (C=O) groups excluding carboxylic acids is 2. The lowest BCUT2D eigenvalue weighted by molar-refractivity contribution is -0.146. The largest absolute Gasteiger partial charge is 0.490 e. The summed E-state index contributed by atoms with van der Waals surface area (Å²) < 4.78 is 19.8. The zero-order valence-electron chi connectivity index (χ0n) is 26.9. The minimum atomic E-state index is -0.639. The molecule has 1 unspecified atom stereocenters. The van der Waals surface area contributed by atoms with Crippen LogP contribution in [0.3, 0.4) is 0 Å². The van der Waals surface area contributed by atoms with Gasteiger partial charge in [0, 0.05) is 29.6 Å². The van der Waals surface area contributed by atoms with Gasteiger partial charge in [-0.2, -0.15) is 4.98 Å². The van der Waals surface area contributed by atoms with E-state index >= 15 is 0 Å². The van der Waals surface area contributed by atoms with Gasteiger partial charge in [0.1, 0.15) is 12.1 Å². The molecule has 0 saturated heterocycles.